The molecule has 0 saturated carbocycles. The topological polar surface area (TPSA) is 41.1 Å². The van der Waals surface area contributed by atoms with Gasteiger partial charge in [-0.2, -0.15) is 0 Å². The smallest absolute Gasteiger partial charge is 0.238 e. The highest BCUT2D eigenvalue weighted by Gasteiger charge is 2.14. The van der Waals surface area contributed by atoms with Crippen LogP contribution in [0.2, 0.25) is 10.0 Å². The van der Waals surface area contributed by atoms with Crippen LogP contribution in [-0.4, -0.2) is 12.5 Å². The predicted octanol–water partition coefficient (Wildman–Crippen LogP) is 4.70. The fourth-order valence-corrected chi connectivity index (χ4v) is 2.55. The summed E-state index contributed by atoms with van der Waals surface area (Å²) >= 11 is 11.6. The number of hydrogen-bond acceptors (Lipinski definition) is 2. The van der Waals surface area contributed by atoms with Crippen LogP contribution in [0.3, 0.4) is 0 Å². The molecule has 0 aliphatic heterocycles. The zero-order chi connectivity index (χ0) is 17.9. The van der Waals surface area contributed by atoms with Crippen LogP contribution >= 0.6 is 23.2 Å². The van der Waals surface area contributed by atoms with Gasteiger partial charge in [0.15, 0.2) is 11.6 Å². The lowest BCUT2D eigenvalue weighted by atomic mass is 10.1. The highest BCUT2D eigenvalue weighted by atomic mass is 35.5. The van der Waals surface area contributed by atoms with Crippen LogP contribution in [0.1, 0.15) is 18.5 Å². The Morgan fingerprint density at radius 3 is 2.42 bits per heavy atom. The molecule has 2 N–H and O–H groups in total. The van der Waals surface area contributed by atoms with Crippen LogP contribution in [0, 0.1) is 17.5 Å². The number of nitrogens with one attached hydrogen (secondary N) is 2. The number of hydrogen-bond donors (Lipinski definition) is 2. The molecule has 2 aromatic carbocycles. The molecule has 8 heteroatoms. The van der Waals surface area contributed by atoms with Crippen LogP contribution in [0.25, 0.3) is 0 Å². The van der Waals surface area contributed by atoms with Crippen LogP contribution in [-0.2, 0) is 4.79 Å². The molecule has 0 spiro atoms. The second-order valence-electron chi connectivity index (χ2n) is 5.07. The minimum atomic E-state index is -1.06. The predicted molar refractivity (Wildman–Crippen MR) is 87.8 cm³/mol. The molecule has 2 rings (SSSR count). The Hall–Kier alpha value is -1.76. The third-order valence-electron chi connectivity index (χ3n) is 3.28. The molecule has 1 atom stereocenters. The van der Waals surface area contributed by atoms with Crippen LogP contribution < -0.4 is 10.6 Å². The molecule has 24 heavy (non-hydrogen) atoms. The maximum atomic E-state index is 13.5. The molecule has 0 bridgehead atoms. The molecule has 0 aromatic heterocycles. The summed E-state index contributed by atoms with van der Waals surface area (Å²) in [7, 11) is 0. The largest absolute Gasteiger partial charge is 0.325 e. The summed E-state index contributed by atoms with van der Waals surface area (Å²) in [5.41, 5.74) is 0.572. The van der Waals surface area contributed by atoms with Crippen LogP contribution in [0.15, 0.2) is 30.3 Å². The van der Waals surface area contributed by atoms with Gasteiger partial charge < -0.3 is 10.6 Å². The normalized spacial score (nSPS) is 12.1. The molecular formula is C16H13Cl2F3N2O. The van der Waals surface area contributed by atoms with E-state index in [-0.39, 0.29) is 22.3 Å². The van der Waals surface area contributed by atoms with Gasteiger partial charge in [0.25, 0.3) is 0 Å². The molecule has 0 heterocycles. The van der Waals surface area contributed by atoms with Crippen LogP contribution in [0.4, 0.5) is 18.9 Å². The van der Waals surface area contributed by atoms with Gasteiger partial charge in [0.2, 0.25) is 5.91 Å². The molecule has 1 unspecified atom stereocenters. The molecule has 1 amide bonds. The molecule has 0 radical (unpaired) electrons. The molecule has 128 valence electrons. The van der Waals surface area contributed by atoms with Crippen molar-refractivity contribution in [3.05, 3.63) is 63.4 Å². The van der Waals surface area contributed by atoms with E-state index in [1.165, 1.54) is 18.2 Å². The number of anilines is 1. The number of carbonyl (C=O) groups is 1. The Morgan fingerprint density at radius 1 is 1.04 bits per heavy atom. The van der Waals surface area contributed by atoms with Gasteiger partial charge in [-0.15, -0.1) is 0 Å². The number of rotatable bonds is 5. The van der Waals surface area contributed by atoms with E-state index in [0.29, 0.717) is 5.56 Å². The maximum absolute atomic E-state index is 13.5. The van der Waals surface area contributed by atoms with Crippen molar-refractivity contribution < 1.29 is 18.0 Å². The second kappa shape index (κ2) is 7.88. The van der Waals surface area contributed by atoms with Gasteiger partial charge in [0.1, 0.15) is 5.82 Å². The third-order valence-corrected chi connectivity index (χ3v) is 3.90. The minimum absolute atomic E-state index is 0.0907. The molecule has 2 aromatic rings. The molecule has 0 aliphatic carbocycles. The standard InChI is InChI=1S/C16H13Cl2F3N2O/c1-8(10-5-14(20)12(18)6-11(10)17)22-7-16(24)23-9-2-3-13(19)15(21)4-9/h2-6,8,22H,7H2,1H3,(H,23,24). The van der Waals surface area contributed by atoms with Crippen LogP contribution in [0.5, 0.6) is 0 Å². The highest BCUT2D eigenvalue weighted by Crippen LogP contribution is 2.28. The first-order chi connectivity index (χ1) is 11.3. The molecular weight excluding hydrogens is 364 g/mol. The van der Waals surface area contributed by atoms with Gasteiger partial charge in [-0.05, 0) is 36.8 Å². The lowest BCUT2D eigenvalue weighted by molar-refractivity contribution is -0.115. The SMILES string of the molecule is CC(NCC(=O)Nc1ccc(F)c(F)c1)c1cc(F)c(Cl)cc1Cl. The average molecular weight is 377 g/mol. The summed E-state index contributed by atoms with van der Waals surface area (Å²) in [5.74, 6) is -3.15. The van der Waals surface area contributed by atoms with Gasteiger partial charge in [0.05, 0.1) is 11.6 Å². The number of halogens is 5. The van der Waals surface area contributed by atoms with Crippen molar-refractivity contribution in [2.24, 2.45) is 0 Å². The summed E-state index contributed by atoms with van der Waals surface area (Å²) in [6, 6.07) is 5.08. The summed E-state index contributed by atoms with van der Waals surface area (Å²) in [6.07, 6.45) is 0. The van der Waals surface area contributed by atoms with Crippen molar-refractivity contribution in [1.29, 1.82) is 0 Å². The van der Waals surface area contributed by atoms with Gasteiger partial charge in [-0.25, -0.2) is 13.2 Å². The summed E-state index contributed by atoms with van der Waals surface area (Å²) < 4.78 is 39.4. The lowest BCUT2D eigenvalue weighted by Crippen LogP contribution is -2.30. The summed E-state index contributed by atoms with van der Waals surface area (Å²) in [5, 5.41) is 5.45. The van der Waals surface area contributed by atoms with Crippen molar-refractivity contribution in [3.63, 3.8) is 0 Å². The van der Waals surface area contributed by atoms with E-state index in [9.17, 15) is 18.0 Å². The van der Waals surface area contributed by atoms with E-state index in [1.54, 1.807) is 6.92 Å². The maximum Gasteiger partial charge on any atom is 0.238 e. The van der Waals surface area contributed by atoms with Crippen molar-refractivity contribution in [2.45, 2.75) is 13.0 Å². The Kier molecular flexibility index (Phi) is 6.10. The van der Waals surface area contributed by atoms with Gasteiger partial charge in [-0.3, -0.25) is 4.79 Å². The fraction of sp³-hybridized carbons (Fsp3) is 0.188. The minimum Gasteiger partial charge on any atom is -0.325 e. The molecule has 0 fully saturated rings. The third kappa shape index (κ3) is 4.63. The number of amides is 1. The molecule has 3 nitrogen and oxygen atoms in total. The van der Waals surface area contributed by atoms with Gasteiger partial charge in [-0.1, -0.05) is 23.2 Å². The van der Waals surface area contributed by atoms with E-state index in [4.69, 9.17) is 23.2 Å². The van der Waals surface area contributed by atoms with Crippen molar-refractivity contribution in [2.75, 3.05) is 11.9 Å². The van der Waals surface area contributed by atoms with E-state index in [0.717, 1.165) is 12.1 Å². The number of benzene rings is 2. The Balaban J connectivity index is 1.96. The van der Waals surface area contributed by atoms with E-state index >= 15 is 0 Å². The Morgan fingerprint density at radius 2 is 1.75 bits per heavy atom. The summed E-state index contributed by atoms with van der Waals surface area (Å²) in [4.78, 5) is 11.8. The monoisotopic (exact) mass is 376 g/mol. The first-order valence-corrected chi connectivity index (χ1v) is 7.66. The molecule has 0 saturated heterocycles. The first kappa shape index (κ1) is 18.6. The van der Waals surface area contributed by atoms with Crippen molar-refractivity contribution >= 4 is 34.8 Å². The van der Waals surface area contributed by atoms with E-state index in [2.05, 4.69) is 10.6 Å². The van der Waals surface area contributed by atoms with E-state index < -0.39 is 29.4 Å². The van der Waals surface area contributed by atoms with E-state index in [1.807, 2.05) is 0 Å². The quantitative estimate of drug-likeness (QED) is 0.742. The average Bonchev–Trinajstić information content (AvgIpc) is 2.52. The zero-order valence-corrected chi connectivity index (χ0v) is 14.0. The van der Waals surface area contributed by atoms with Gasteiger partial charge >= 0.3 is 0 Å². The molecule has 0 aliphatic rings. The van der Waals surface area contributed by atoms with Crippen molar-refractivity contribution in [3.8, 4) is 0 Å². The highest BCUT2D eigenvalue weighted by molar-refractivity contribution is 6.35. The Labute approximate surface area is 146 Å². The Bertz CT molecular complexity index is 771. The first-order valence-electron chi connectivity index (χ1n) is 6.90. The lowest BCUT2D eigenvalue weighted by Gasteiger charge is -2.16. The van der Waals surface area contributed by atoms with Crippen molar-refractivity contribution in [1.82, 2.24) is 5.32 Å². The van der Waals surface area contributed by atoms with Gasteiger partial charge in [0, 0.05) is 22.8 Å². The fourth-order valence-electron chi connectivity index (χ4n) is 2.00. The number of carbonyl (C=O) groups excluding carboxylic acids is 1. The zero-order valence-electron chi connectivity index (χ0n) is 12.5. The second-order valence-corrected chi connectivity index (χ2v) is 5.88. The summed E-state index contributed by atoms with van der Waals surface area (Å²) in [6.45, 7) is 1.56.